The van der Waals surface area contributed by atoms with E-state index >= 15 is 0 Å². The molecule has 3 aromatic rings. The van der Waals surface area contributed by atoms with Gasteiger partial charge in [-0.05, 0) is 35.9 Å². The molecule has 1 heterocycles. The summed E-state index contributed by atoms with van der Waals surface area (Å²) in [5.74, 6) is -0.623. The number of aliphatic hydroxyl groups excluding tert-OH is 1. The van der Waals surface area contributed by atoms with Crippen LogP contribution in [0.4, 0.5) is 17.6 Å². The van der Waals surface area contributed by atoms with Crippen LogP contribution >= 0.6 is 23.2 Å². The largest absolute Gasteiger partial charge is 0.427 e. The SMILES string of the molecule is O=c1[nH]c(-c2cc(CNC(O)C(F)(F)F)ccc2Cl)nn1-c1ccc(F)c(Cl)c1. The third-order valence-corrected chi connectivity index (χ3v) is 4.48. The fourth-order valence-electron chi connectivity index (χ4n) is 2.43. The second-order valence-electron chi connectivity index (χ2n) is 5.93. The van der Waals surface area contributed by atoms with Gasteiger partial charge in [0.25, 0.3) is 0 Å². The van der Waals surface area contributed by atoms with Crippen molar-refractivity contribution in [2.45, 2.75) is 18.9 Å². The van der Waals surface area contributed by atoms with Crippen LogP contribution in [0.25, 0.3) is 17.1 Å². The van der Waals surface area contributed by atoms with Crippen molar-refractivity contribution in [3.63, 3.8) is 0 Å². The number of hydrogen-bond acceptors (Lipinski definition) is 4. The van der Waals surface area contributed by atoms with Crippen molar-refractivity contribution >= 4 is 23.2 Å². The normalized spacial score (nSPS) is 12.9. The molecular weight excluding hydrogens is 439 g/mol. The molecule has 2 aromatic carbocycles. The molecule has 1 aromatic heterocycles. The molecule has 6 nitrogen and oxygen atoms in total. The van der Waals surface area contributed by atoms with Crippen molar-refractivity contribution < 1.29 is 22.7 Å². The summed E-state index contributed by atoms with van der Waals surface area (Å²) in [5, 5.41) is 15.0. The van der Waals surface area contributed by atoms with E-state index < -0.39 is 23.9 Å². The number of rotatable bonds is 5. The van der Waals surface area contributed by atoms with Crippen molar-refractivity contribution in [3.8, 4) is 17.1 Å². The molecule has 0 saturated heterocycles. The molecule has 154 valence electrons. The standard InChI is InChI=1S/C17H12Cl2F4N4O2/c18-11-3-1-8(7-24-15(28)17(21,22)23)5-10(11)14-25-16(29)27(26-14)9-2-4-13(20)12(19)6-9/h1-6,15,24,28H,7H2,(H,25,26,29). The number of nitrogens with zero attached hydrogens (tertiary/aromatic N) is 2. The fourth-order valence-corrected chi connectivity index (χ4v) is 2.81. The van der Waals surface area contributed by atoms with Crippen LogP contribution in [0.2, 0.25) is 10.0 Å². The lowest BCUT2D eigenvalue weighted by atomic mass is 10.1. The smallest absolute Gasteiger partial charge is 0.370 e. The third kappa shape index (κ3) is 4.78. The molecule has 0 amide bonds. The molecule has 0 fully saturated rings. The van der Waals surface area contributed by atoms with E-state index in [1.807, 2.05) is 5.32 Å². The van der Waals surface area contributed by atoms with Gasteiger partial charge in [-0.25, -0.2) is 9.18 Å². The summed E-state index contributed by atoms with van der Waals surface area (Å²) in [5.41, 5.74) is 0.144. The number of benzene rings is 2. The highest BCUT2D eigenvalue weighted by atomic mass is 35.5. The molecule has 1 atom stereocenters. The summed E-state index contributed by atoms with van der Waals surface area (Å²) in [6.07, 6.45) is -7.50. The van der Waals surface area contributed by atoms with Gasteiger partial charge in [-0.2, -0.15) is 17.9 Å². The quantitative estimate of drug-likeness (QED) is 0.409. The Kier molecular flexibility index (Phi) is 5.99. The lowest BCUT2D eigenvalue weighted by molar-refractivity contribution is -0.213. The highest BCUT2D eigenvalue weighted by Gasteiger charge is 2.37. The van der Waals surface area contributed by atoms with Gasteiger partial charge < -0.3 is 5.11 Å². The number of alkyl halides is 3. The molecule has 0 aliphatic carbocycles. The van der Waals surface area contributed by atoms with Crippen LogP contribution in [-0.2, 0) is 6.54 Å². The molecule has 0 bridgehead atoms. The maximum absolute atomic E-state index is 13.3. The first-order valence-electron chi connectivity index (χ1n) is 7.98. The van der Waals surface area contributed by atoms with E-state index in [-0.39, 0.29) is 33.7 Å². The molecule has 0 radical (unpaired) electrons. The monoisotopic (exact) mass is 450 g/mol. The number of H-pyrrole nitrogens is 1. The van der Waals surface area contributed by atoms with Gasteiger partial charge in [0, 0.05) is 12.1 Å². The fraction of sp³-hybridized carbons (Fsp3) is 0.176. The van der Waals surface area contributed by atoms with Gasteiger partial charge in [-0.3, -0.25) is 10.3 Å². The van der Waals surface area contributed by atoms with Gasteiger partial charge in [0.2, 0.25) is 6.23 Å². The topological polar surface area (TPSA) is 82.9 Å². The Morgan fingerprint density at radius 1 is 1.17 bits per heavy atom. The molecule has 0 aliphatic heterocycles. The van der Waals surface area contributed by atoms with Crippen LogP contribution in [0, 0.1) is 5.82 Å². The predicted octanol–water partition coefficient (Wildman–Crippen LogP) is 3.64. The van der Waals surface area contributed by atoms with Crippen molar-refractivity contribution in [2.75, 3.05) is 0 Å². The lowest BCUT2D eigenvalue weighted by Crippen LogP contribution is -2.41. The first-order chi connectivity index (χ1) is 13.6. The van der Waals surface area contributed by atoms with E-state index in [0.29, 0.717) is 5.56 Å². The van der Waals surface area contributed by atoms with E-state index in [0.717, 1.165) is 10.7 Å². The van der Waals surface area contributed by atoms with Crippen molar-refractivity contribution in [2.24, 2.45) is 0 Å². The zero-order chi connectivity index (χ0) is 21.3. The Labute approximate surface area is 170 Å². The molecule has 1 unspecified atom stereocenters. The minimum absolute atomic E-state index is 0.0404. The number of hydrogen-bond donors (Lipinski definition) is 3. The number of aromatic nitrogens is 3. The van der Waals surface area contributed by atoms with Gasteiger partial charge in [-0.15, -0.1) is 5.10 Å². The average molecular weight is 451 g/mol. The van der Waals surface area contributed by atoms with Crippen molar-refractivity contribution in [1.29, 1.82) is 0 Å². The molecule has 0 aliphatic rings. The second-order valence-corrected chi connectivity index (χ2v) is 6.74. The predicted molar refractivity (Wildman–Crippen MR) is 98.5 cm³/mol. The van der Waals surface area contributed by atoms with Gasteiger partial charge in [0.15, 0.2) is 5.82 Å². The Morgan fingerprint density at radius 3 is 2.55 bits per heavy atom. The van der Waals surface area contributed by atoms with Crippen molar-refractivity contribution in [3.05, 3.63) is 68.3 Å². The summed E-state index contributed by atoms with van der Waals surface area (Å²) in [6.45, 7) is -0.316. The molecule has 0 saturated carbocycles. The first kappa shape index (κ1) is 21.3. The summed E-state index contributed by atoms with van der Waals surface area (Å²) in [4.78, 5) is 14.7. The van der Waals surface area contributed by atoms with Gasteiger partial charge in [0.1, 0.15) is 5.82 Å². The molecule has 3 N–H and O–H groups in total. The summed E-state index contributed by atoms with van der Waals surface area (Å²) >= 11 is 11.8. The lowest BCUT2D eigenvalue weighted by Gasteiger charge is -2.16. The van der Waals surface area contributed by atoms with Crippen molar-refractivity contribution in [1.82, 2.24) is 20.1 Å². The Bertz CT molecular complexity index is 1100. The minimum atomic E-state index is -4.81. The molecule has 29 heavy (non-hydrogen) atoms. The summed E-state index contributed by atoms with van der Waals surface area (Å²) in [6, 6.07) is 7.87. The van der Waals surface area contributed by atoms with Crippen LogP contribution in [-0.4, -0.2) is 32.3 Å². The second kappa shape index (κ2) is 8.15. The van der Waals surface area contributed by atoms with Gasteiger partial charge >= 0.3 is 11.9 Å². The number of aromatic amines is 1. The molecule has 12 heteroatoms. The van der Waals surface area contributed by atoms with E-state index in [2.05, 4.69) is 10.1 Å². The summed E-state index contributed by atoms with van der Waals surface area (Å²) < 4.78 is 51.5. The Hall–Kier alpha value is -2.40. The molecule has 0 spiro atoms. The van der Waals surface area contributed by atoms with Crippen LogP contribution in [0.3, 0.4) is 0 Å². The number of aliphatic hydroxyl groups is 1. The Morgan fingerprint density at radius 2 is 1.90 bits per heavy atom. The average Bonchev–Trinajstić information content (AvgIpc) is 3.03. The maximum Gasteiger partial charge on any atom is 0.427 e. The zero-order valence-electron chi connectivity index (χ0n) is 14.3. The zero-order valence-corrected chi connectivity index (χ0v) is 15.8. The van der Waals surface area contributed by atoms with Crippen LogP contribution in [0.1, 0.15) is 5.56 Å². The number of halogens is 6. The summed E-state index contributed by atoms with van der Waals surface area (Å²) in [7, 11) is 0. The van der Waals surface area contributed by atoms with E-state index in [4.69, 9.17) is 28.3 Å². The minimum Gasteiger partial charge on any atom is -0.370 e. The van der Waals surface area contributed by atoms with Gasteiger partial charge in [-0.1, -0.05) is 29.3 Å². The maximum atomic E-state index is 13.3. The van der Waals surface area contributed by atoms with Crippen LogP contribution in [0.5, 0.6) is 0 Å². The highest BCUT2D eigenvalue weighted by Crippen LogP contribution is 2.27. The first-order valence-corrected chi connectivity index (χ1v) is 8.73. The van der Waals surface area contributed by atoms with Gasteiger partial charge in [0.05, 0.1) is 15.7 Å². The third-order valence-electron chi connectivity index (χ3n) is 3.86. The molecule has 3 rings (SSSR count). The Balaban J connectivity index is 1.91. The van der Waals surface area contributed by atoms with E-state index in [9.17, 15) is 22.4 Å². The van der Waals surface area contributed by atoms with E-state index in [1.54, 1.807) is 0 Å². The van der Waals surface area contributed by atoms with Crippen LogP contribution < -0.4 is 11.0 Å². The van der Waals surface area contributed by atoms with Crippen LogP contribution in [0.15, 0.2) is 41.2 Å². The molecular formula is C17H12Cl2F4N4O2. The number of nitrogens with one attached hydrogen (secondary N) is 2. The highest BCUT2D eigenvalue weighted by molar-refractivity contribution is 6.33. The van der Waals surface area contributed by atoms with E-state index in [1.165, 1.54) is 30.3 Å².